The van der Waals surface area contributed by atoms with Crippen LogP contribution in [-0.4, -0.2) is 25.7 Å². The molecule has 0 radical (unpaired) electrons. The lowest BCUT2D eigenvalue weighted by Gasteiger charge is -2.05. The fraction of sp³-hybridized carbons (Fsp3) is 0.273. The summed E-state index contributed by atoms with van der Waals surface area (Å²) in [6, 6.07) is 5.21. The van der Waals surface area contributed by atoms with Crippen molar-refractivity contribution >= 4 is 5.91 Å². The molecule has 0 aliphatic rings. The van der Waals surface area contributed by atoms with Gasteiger partial charge in [0, 0.05) is 12.7 Å². The summed E-state index contributed by atoms with van der Waals surface area (Å²) >= 11 is 0. The molecule has 2 aromatic heterocycles. The number of amides is 1. The van der Waals surface area contributed by atoms with Gasteiger partial charge in [-0.1, -0.05) is 6.07 Å². The molecule has 6 nitrogen and oxygen atoms in total. The van der Waals surface area contributed by atoms with Gasteiger partial charge in [-0.3, -0.25) is 9.78 Å². The smallest absolute Gasteiger partial charge is 0.270 e. The van der Waals surface area contributed by atoms with Crippen LogP contribution in [-0.2, 0) is 13.1 Å². The summed E-state index contributed by atoms with van der Waals surface area (Å²) < 4.78 is 1.87. The molecule has 0 aliphatic heterocycles. The monoisotopic (exact) mass is 231 g/mol. The van der Waals surface area contributed by atoms with Crippen LogP contribution in [0.3, 0.4) is 0 Å². The number of nitrogens with one attached hydrogen (secondary N) is 1. The van der Waals surface area contributed by atoms with Crippen LogP contribution in [0.1, 0.15) is 23.2 Å². The van der Waals surface area contributed by atoms with Crippen LogP contribution >= 0.6 is 0 Å². The molecule has 0 aromatic carbocycles. The van der Waals surface area contributed by atoms with Crippen molar-refractivity contribution in [3.8, 4) is 0 Å². The number of pyridine rings is 1. The van der Waals surface area contributed by atoms with Gasteiger partial charge >= 0.3 is 0 Å². The van der Waals surface area contributed by atoms with Gasteiger partial charge < -0.3 is 9.88 Å². The van der Waals surface area contributed by atoms with Crippen LogP contribution < -0.4 is 5.32 Å². The molecule has 2 aromatic rings. The van der Waals surface area contributed by atoms with Gasteiger partial charge in [-0.2, -0.15) is 0 Å². The Morgan fingerprint density at radius 2 is 2.35 bits per heavy atom. The van der Waals surface area contributed by atoms with Crippen LogP contribution in [0.2, 0.25) is 0 Å². The average molecular weight is 231 g/mol. The second-order valence-corrected chi connectivity index (χ2v) is 3.43. The molecule has 0 unspecified atom stereocenters. The number of aromatic nitrogens is 4. The molecule has 0 bridgehead atoms. The fourth-order valence-corrected chi connectivity index (χ4v) is 1.43. The molecule has 0 atom stereocenters. The highest BCUT2D eigenvalue weighted by Crippen LogP contribution is 1.97. The summed E-state index contributed by atoms with van der Waals surface area (Å²) in [5, 5.41) is 10.5. The molecule has 17 heavy (non-hydrogen) atoms. The third-order valence-corrected chi connectivity index (χ3v) is 2.34. The zero-order valence-electron chi connectivity index (χ0n) is 9.50. The summed E-state index contributed by atoms with van der Waals surface area (Å²) in [5.74, 6) is 0.521. The van der Waals surface area contributed by atoms with E-state index < -0.39 is 0 Å². The predicted octanol–water partition coefficient (Wildman–Crippen LogP) is 0.623. The van der Waals surface area contributed by atoms with Crippen LogP contribution in [0.4, 0.5) is 0 Å². The molecule has 2 heterocycles. The fourth-order valence-electron chi connectivity index (χ4n) is 1.43. The Balaban J connectivity index is 1.97. The number of aryl methyl sites for hydroxylation is 1. The van der Waals surface area contributed by atoms with E-state index in [2.05, 4.69) is 20.5 Å². The average Bonchev–Trinajstić information content (AvgIpc) is 2.84. The minimum atomic E-state index is -0.212. The second-order valence-electron chi connectivity index (χ2n) is 3.43. The standard InChI is InChI=1S/C11H13N5O/c1-2-16-8-14-15-10(16)7-13-11(17)9-5-3-4-6-12-9/h3-6,8H,2,7H2,1H3,(H,13,17). The van der Waals surface area contributed by atoms with E-state index >= 15 is 0 Å². The molecule has 0 spiro atoms. The maximum atomic E-state index is 11.7. The van der Waals surface area contributed by atoms with Crippen molar-refractivity contribution < 1.29 is 4.79 Å². The van der Waals surface area contributed by atoms with Crippen LogP contribution in [0.25, 0.3) is 0 Å². The van der Waals surface area contributed by atoms with Gasteiger partial charge in [0.15, 0.2) is 5.82 Å². The summed E-state index contributed by atoms with van der Waals surface area (Å²) in [6.07, 6.45) is 3.23. The lowest BCUT2D eigenvalue weighted by atomic mass is 10.3. The van der Waals surface area contributed by atoms with Crippen LogP contribution in [0.5, 0.6) is 0 Å². The topological polar surface area (TPSA) is 72.7 Å². The lowest BCUT2D eigenvalue weighted by Crippen LogP contribution is -2.25. The molecule has 0 saturated heterocycles. The van der Waals surface area contributed by atoms with Crippen molar-refractivity contribution in [1.29, 1.82) is 0 Å². The van der Waals surface area contributed by atoms with Gasteiger partial charge in [-0.05, 0) is 19.1 Å². The van der Waals surface area contributed by atoms with Gasteiger partial charge in [-0.15, -0.1) is 10.2 Å². The molecule has 1 amide bonds. The molecule has 1 N–H and O–H groups in total. The van der Waals surface area contributed by atoms with Crippen molar-refractivity contribution in [2.24, 2.45) is 0 Å². The lowest BCUT2D eigenvalue weighted by molar-refractivity contribution is 0.0944. The van der Waals surface area contributed by atoms with E-state index in [9.17, 15) is 4.79 Å². The maximum absolute atomic E-state index is 11.7. The Kier molecular flexibility index (Phi) is 3.44. The molecule has 0 aliphatic carbocycles. The number of hydrogen-bond donors (Lipinski definition) is 1. The van der Waals surface area contributed by atoms with E-state index in [-0.39, 0.29) is 5.91 Å². The van der Waals surface area contributed by atoms with Gasteiger partial charge in [0.05, 0.1) is 6.54 Å². The normalized spacial score (nSPS) is 10.2. The molecule has 2 rings (SSSR count). The predicted molar refractivity (Wildman–Crippen MR) is 61.1 cm³/mol. The Bertz CT molecular complexity index is 494. The number of carbonyl (C=O) groups excluding carboxylic acids is 1. The summed E-state index contributed by atoms with van der Waals surface area (Å²) in [5.41, 5.74) is 0.398. The third kappa shape index (κ3) is 2.66. The molecule has 0 fully saturated rings. The van der Waals surface area contributed by atoms with Gasteiger partial charge in [0.2, 0.25) is 0 Å². The first-order valence-corrected chi connectivity index (χ1v) is 5.37. The van der Waals surface area contributed by atoms with Crippen molar-refractivity contribution in [1.82, 2.24) is 25.1 Å². The SMILES string of the molecule is CCn1cnnc1CNC(=O)c1ccccn1. The number of nitrogens with zero attached hydrogens (tertiary/aromatic N) is 4. The number of rotatable bonds is 4. The first-order chi connectivity index (χ1) is 8.31. The molecular weight excluding hydrogens is 218 g/mol. The second kappa shape index (κ2) is 5.20. The van der Waals surface area contributed by atoms with Crippen molar-refractivity contribution in [3.63, 3.8) is 0 Å². The van der Waals surface area contributed by atoms with E-state index in [1.54, 1.807) is 30.7 Å². The zero-order valence-corrected chi connectivity index (χ0v) is 9.50. The molecular formula is C11H13N5O. The quantitative estimate of drug-likeness (QED) is 0.837. The number of carbonyl (C=O) groups is 1. The third-order valence-electron chi connectivity index (χ3n) is 2.34. The first kappa shape index (κ1) is 11.3. The largest absolute Gasteiger partial charge is 0.343 e. The highest BCUT2D eigenvalue weighted by atomic mass is 16.1. The van der Waals surface area contributed by atoms with Crippen molar-refractivity contribution in [2.45, 2.75) is 20.0 Å². The minimum Gasteiger partial charge on any atom is -0.343 e. The van der Waals surface area contributed by atoms with Gasteiger partial charge in [-0.25, -0.2) is 0 Å². The molecule has 88 valence electrons. The van der Waals surface area contributed by atoms with E-state index in [0.29, 0.717) is 12.2 Å². The highest BCUT2D eigenvalue weighted by Gasteiger charge is 2.08. The van der Waals surface area contributed by atoms with E-state index in [4.69, 9.17) is 0 Å². The maximum Gasteiger partial charge on any atom is 0.270 e. The summed E-state index contributed by atoms with van der Waals surface area (Å²) in [7, 11) is 0. The summed E-state index contributed by atoms with van der Waals surface area (Å²) in [6.45, 7) is 3.12. The van der Waals surface area contributed by atoms with E-state index in [1.165, 1.54) is 0 Å². The number of hydrogen-bond acceptors (Lipinski definition) is 4. The van der Waals surface area contributed by atoms with Gasteiger partial charge in [0.1, 0.15) is 12.0 Å². The Morgan fingerprint density at radius 1 is 1.47 bits per heavy atom. The Hall–Kier alpha value is -2.24. The van der Waals surface area contributed by atoms with E-state index in [0.717, 1.165) is 12.4 Å². The minimum absolute atomic E-state index is 0.212. The first-order valence-electron chi connectivity index (χ1n) is 5.37. The Labute approximate surface area is 98.7 Å². The van der Waals surface area contributed by atoms with Crippen LogP contribution in [0, 0.1) is 0 Å². The molecule has 6 heteroatoms. The zero-order chi connectivity index (χ0) is 12.1. The Morgan fingerprint density at radius 3 is 3.06 bits per heavy atom. The van der Waals surface area contributed by atoms with Crippen molar-refractivity contribution in [2.75, 3.05) is 0 Å². The van der Waals surface area contributed by atoms with E-state index in [1.807, 2.05) is 11.5 Å². The molecule has 0 saturated carbocycles. The van der Waals surface area contributed by atoms with Crippen molar-refractivity contribution in [3.05, 3.63) is 42.2 Å². The summed E-state index contributed by atoms with van der Waals surface area (Å²) in [4.78, 5) is 15.7. The van der Waals surface area contributed by atoms with Crippen LogP contribution in [0.15, 0.2) is 30.7 Å². The highest BCUT2D eigenvalue weighted by molar-refractivity contribution is 5.92. The van der Waals surface area contributed by atoms with Gasteiger partial charge in [0.25, 0.3) is 5.91 Å².